The first-order valence-corrected chi connectivity index (χ1v) is 13.1. The van der Waals surface area contributed by atoms with E-state index in [2.05, 4.69) is 24.8 Å². The molecule has 39 heavy (non-hydrogen) atoms. The third-order valence-electron chi connectivity index (χ3n) is 5.85. The fourth-order valence-electron chi connectivity index (χ4n) is 3.96. The minimum absolute atomic E-state index is 0.0407. The molecule has 0 bridgehead atoms. The minimum atomic E-state index is -4.44. The molecule has 0 aliphatic rings. The maximum Gasteiger partial charge on any atom is 0.264 e. The van der Waals surface area contributed by atoms with Crippen molar-refractivity contribution in [1.29, 1.82) is 0 Å². The summed E-state index contributed by atoms with van der Waals surface area (Å²) in [5.41, 5.74) is 2.43. The largest absolute Gasteiger partial charge is 0.489 e. The number of aromatic nitrogens is 5. The smallest absolute Gasteiger partial charge is 0.264 e. The van der Waals surface area contributed by atoms with Crippen LogP contribution < -0.4 is 14.2 Å². The topological polar surface area (TPSA) is 121 Å². The zero-order valence-electron chi connectivity index (χ0n) is 20.8. The molecule has 2 aromatic carbocycles. The van der Waals surface area contributed by atoms with Crippen LogP contribution >= 0.6 is 0 Å². The van der Waals surface area contributed by atoms with E-state index in [-0.39, 0.29) is 11.6 Å². The molecule has 0 saturated carbocycles. The molecule has 0 fully saturated rings. The Labute approximate surface area is 222 Å². The molecular weight excluding hydrogens is 530 g/mol. The summed E-state index contributed by atoms with van der Waals surface area (Å²) >= 11 is 0. The number of aryl methyl sites for hydroxylation is 1. The summed E-state index contributed by atoms with van der Waals surface area (Å²) in [5.74, 6) is -1.68. The summed E-state index contributed by atoms with van der Waals surface area (Å²) in [7, 11) is -3.12. The second kappa shape index (κ2) is 10.6. The van der Waals surface area contributed by atoms with Gasteiger partial charge in [0.1, 0.15) is 46.4 Å². The van der Waals surface area contributed by atoms with Crippen LogP contribution in [-0.4, -0.2) is 46.9 Å². The Kier molecular flexibility index (Phi) is 7.07. The van der Waals surface area contributed by atoms with Crippen molar-refractivity contribution in [3.05, 3.63) is 84.7 Å². The van der Waals surface area contributed by atoms with Crippen LogP contribution in [0.1, 0.15) is 5.69 Å². The lowest BCUT2D eigenvalue weighted by Crippen LogP contribution is -2.15. The molecule has 5 rings (SSSR count). The summed E-state index contributed by atoms with van der Waals surface area (Å²) in [4.78, 5) is 12.2. The average Bonchev–Trinajstić information content (AvgIpc) is 3.42. The van der Waals surface area contributed by atoms with E-state index in [0.29, 0.717) is 47.3 Å². The van der Waals surface area contributed by atoms with Gasteiger partial charge in [0.2, 0.25) is 5.88 Å². The SMILES string of the molecule is COc1ncc(-c2cc(OCCn3cccn3)c3ncnc(C)c3c2)cc1NS(=O)(=O)c1ccc(F)cc1F. The van der Waals surface area contributed by atoms with Gasteiger partial charge in [0, 0.05) is 41.3 Å². The van der Waals surface area contributed by atoms with Crippen LogP contribution in [0.4, 0.5) is 14.5 Å². The highest BCUT2D eigenvalue weighted by atomic mass is 32.2. The van der Waals surface area contributed by atoms with Crippen LogP contribution in [0.25, 0.3) is 22.0 Å². The number of ether oxygens (including phenoxy) is 2. The van der Waals surface area contributed by atoms with Crippen molar-refractivity contribution in [3.8, 4) is 22.8 Å². The Bertz CT molecular complexity index is 1760. The highest BCUT2D eigenvalue weighted by Crippen LogP contribution is 2.35. The summed E-state index contributed by atoms with van der Waals surface area (Å²) in [6, 6.07) is 9.12. The summed E-state index contributed by atoms with van der Waals surface area (Å²) in [5, 5.41) is 4.90. The lowest BCUT2D eigenvalue weighted by Gasteiger charge is -2.15. The maximum atomic E-state index is 14.3. The third-order valence-corrected chi connectivity index (χ3v) is 7.24. The van der Waals surface area contributed by atoms with Crippen LogP contribution in [-0.2, 0) is 16.6 Å². The van der Waals surface area contributed by atoms with Crippen molar-refractivity contribution in [2.45, 2.75) is 18.4 Å². The average molecular weight is 553 g/mol. The fourth-order valence-corrected chi connectivity index (χ4v) is 5.07. The molecule has 0 saturated heterocycles. The molecule has 0 atom stereocenters. The molecule has 5 aromatic rings. The number of nitrogens with zero attached hydrogens (tertiary/aromatic N) is 5. The van der Waals surface area contributed by atoms with Crippen molar-refractivity contribution in [2.24, 2.45) is 0 Å². The maximum absolute atomic E-state index is 14.3. The summed E-state index contributed by atoms with van der Waals surface area (Å²) in [6.07, 6.45) is 6.46. The van der Waals surface area contributed by atoms with E-state index in [1.807, 2.05) is 25.3 Å². The van der Waals surface area contributed by atoms with Crippen LogP contribution in [0, 0.1) is 18.6 Å². The van der Waals surface area contributed by atoms with E-state index in [4.69, 9.17) is 9.47 Å². The second-order valence-electron chi connectivity index (χ2n) is 8.41. The highest BCUT2D eigenvalue weighted by molar-refractivity contribution is 7.92. The Morgan fingerprint density at radius 1 is 1.05 bits per heavy atom. The number of fused-ring (bicyclic) bond motifs is 1. The molecule has 0 radical (unpaired) electrons. The number of halogens is 2. The monoisotopic (exact) mass is 552 g/mol. The Morgan fingerprint density at radius 3 is 2.64 bits per heavy atom. The van der Waals surface area contributed by atoms with Crippen molar-refractivity contribution < 1.29 is 26.7 Å². The van der Waals surface area contributed by atoms with E-state index >= 15 is 0 Å². The Morgan fingerprint density at radius 2 is 1.90 bits per heavy atom. The first-order valence-electron chi connectivity index (χ1n) is 11.6. The molecule has 13 heteroatoms. The van der Waals surface area contributed by atoms with Gasteiger partial charge in [0.05, 0.1) is 13.7 Å². The number of benzene rings is 2. The van der Waals surface area contributed by atoms with Gasteiger partial charge in [0.25, 0.3) is 10.0 Å². The van der Waals surface area contributed by atoms with Gasteiger partial charge in [-0.05, 0) is 48.9 Å². The number of rotatable bonds is 9. The van der Waals surface area contributed by atoms with Crippen molar-refractivity contribution >= 4 is 26.6 Å². The normalized spacial score (nSPS) is 11.5. The van der Waals surface area contributed by atoms with Crippen LogP contribution in [0.15, 0.2) is 72.3 Å². The second-order valence-corrected chi connectivity index (χ2v) is 10.1. The van der Waals surface area contributed by atoms with E-state index < -0.39 is 26.6 Å². The number of nitrogens with one attached hydrogen (secondary N) is 1. The predicted octanol–water partition coefficient (Wildman–Crippen LogP) is 4.36. The number of hydrogen-bond acceptors (Lipinski definition) is 8. The molecule has 1 N–H and O–H groups in total. The molecule has 0 aliphatic carbocycles. The lowest BCUT2D eigenvalue weighted by atomic mass is 10.0. The van der Waals surface area contributed by atoms with Crippen LogP contribution in [0.5, 0.6) is 11.6 Å². The minimum Gasteiger partial charge on any atom is -0.489 e. The van der Waals surface area contributed by atoms with Crippen molar-refractivity contribution in [1.82, 2.24) is 24.7 Å². The first-order chi connectivity index (χ1) is 18.7. The number of hydrogen-bond donors (Lipinski definition) is 1. The molecule has 0 aliphatic heterocycles. The molecule has 0 unspecified atom stereocenters. The molecule has 200 valence electrons. The fraction of sp³-hybridized carbons (Fsp3) is 0.154. The molecule has 0 amide bonds. The molecular formula is C26H22F2N6O4S. The zero-order chi connectivity index (χ0) is 27.6. The standard InChI is InChI=1S/C26H22F2N6O4S/c1-16-20-10-17(12-23(25(20)31-15-30-16)38-9-8-34-7-3-6-32-34)18-11-22(26(37-2)29-14-18)33-39(35,36)24-5-4-19(27)13-21(24)28/h3-7,10-15,33H,8-9H2,1-2H3. The van der Waals surface area contributed by atoms with Gasteiger partial charge < -0.3 is 9.47 Å². The number of anilines is 1. The van der Waals surface area contributed by atoms with E-state index in [0.717, 1.165) is 17.5 Å². The quantitative estimate of drug-likeness (QED) is 0.286. The third kappa shape index (κ3) is 5.48. The van der Waals surface area contributed by atoms with Crippen molar-refractivity contribution in [2.75, 3.05) is 18.4 Å². The molecule has 3 aromatic heterocycles. The number of pyridine rings is 1. The van der Waals surface area contributed by atoms with E-state index in [1.54, 1.807) is 16.9 Å². The number of sulfonamides is 1. The van der Waals surface area contributed by atoms with Gasteiger partial charge >= 0.3 is 0 Å². The predicted molar refractivity (Wildman–Crippen MR) is 139 cm³/mol. The van der Waals surface area contributed by atoms with Gasteiger partial charge in [-0.3, -0.25) is 9.40 Å². The van der Waals surface area contributed by atoms with E-state index in [1.165, 1.54) is 25.7 Å². The Balaban J connectivity index is 1.53. The molecule has 3 heterocycles. The van der Waals surface area contributed by atoms with Gasteiger partial charge in [-0.1, -0.05) is 0 Å². The van der Waals surface area contributed by atoms with Crippen LogP contribution in [0.3, 0.4) is 0 Å². The first kappa shape index (κ1) is 26.0. The summed E-state index contributed by atoms with van der Waals surface area (Å²) in [6.45, 7) is 2.67. The number of methoxy groups -OCH3 is 1. The lowest BCUT2D eigenvalue weighted by molar-refractivity contribution is 0.294. The Hall–Kier alpha value is -4.65. The van der Waals surface area contributed by atoms with Gasteiger partial charge in [-0.25, -0.2) is 32.2 Å². The van der Waals surface area contributed by atoms with Crippen LogP contribution in [0.2, 0.25) is 0 Å². The van der Waals surface area contributed by atoms with Gasteiger partial charge in [-0.2, -0.15) is 5.10 Å². The molecule has 10 nitrogen and oxygen atoms in total. The van der Waals surface area contributed by atoms with Crippen molar-refractivity contribution in [3.63, 3.8) is 0 Å². The molecule has 0 spiro atoms. The highest BCUT2D eigenvalue weighted by Gasteiger charge is 2.22. The van der Waals surface area contributed by atoms with E-state index in [9.17, 15) is 17.2 Å². The van der Waals surface area contributed by atoms with Gasteiger partial charge in [-0.15, -0.1) is 0 Å². The van der Waals surface area contributed by atoms with Gasteiger partial charge in [0.15, 0.2) is 0 Å². The summed E-state index contributed by atoms with van der Waals surface area (Å²) < 4.78 is 68.8. The zero-order valence-corrected chi connectivity index (χ0v) is 21.6.